The normalized spacial score (nSPS) is 23.5. The fourth-order valence-electron chi connectivity index (χ4n) is 2.62. The summed E-state index contributed by atoms with van der Waals surface area (Å²) in [7, 11) is 0. The van der Waals surface area contributed by atoms with Crippen molar-refractivity contribution in [2.24, 2.45) is 5.73 Å². The van der Waals surface area contributed by atoms with Crippen molar-refractivity contribution in [1.29, 1.82) is 0 Å². The average molecular weight is 260 g/mol. The third kappa shape index (κ3) is 2.93. The molecule has 5 heteroatoms. The lowest BCUT2D eigenvalue weighted by Crippen LogP contribution is -2.37. The van der Waals surface area contributed by atoms with Crippen molar-refractivity contribution in [3.8, 4) is 0 Å². The van der Waals surface area contributed by atoms with Crippen LogP contribution in [0.2, 0.25) is 0 Å². The number of hydrogen-bond donors (Lipinski definition) is 2. The third-order valence-corrected chi connectivity index (χ3v) is 3.91. The standard InChI is InChI=1S/C14H20N4O/c15-7-10-1-4-13(16-8-10)14(19)17-11-5-6-18(9-11)12-2-3-12/h1,4,8,11-12H,2-3,5-7,9,15H2,(H,17,19). The van der Waals surface area contributed by atoms with E-state index >= 15 is 0 Å². The van der Waals surface area contributed by atoms with Crippen molar-refractivity contribution in [3.63, 3.8) is 0 Å². The predicted octanol–water partition coefficient (Wildman–Crippen LogP) is 0.507. The summed E-state index contributed by atoms with van der Waals surface area (Å²) in [4.78, 5) is 18.7. The number of carbonyl (C=O) groups is 1. The highest BCUT2D eigenvalue weighted by molar-refractivity contribution is 5.92. The molecular formula is C14H20N4O. The Morgan fingerprint density at radius 2 is 2.26 bits per heavy atom. The molecule has 0 bridgehead atoms. The minimum absolute atomic E-state index is 0.0776. The first-order valence-corrected chi connectivity index (χ1v) is 6.96. The zero-order valence-electron chi connectivity index (χ0n) is 11.0. The molecule has 3 rings (SSSR count). The molecular weight excluding hydrogens is 240 g/mol. The highest BCUT2D eigenvalue weighted by atomic mass is 16.1. The van der Waals surface area contributed by atoms with Gasteiger partial charge in [-0.3, -0.25) is 14.7 Å². The van der Waals surface area contributed by atoms with Crippen LogP contribution in [-0.2, 0) is 6.54 Å². The predicted molar refractivity (Wildman–Crippen MR) is 72.6 cm³/mol. The molecule has 1 atom stereocenters. The largest absolute Gasteiger partial charge is 0.347 e. The Morgan fingerprint density at radius 3 is 2.89 bits per heavy atom. The van der Waals surface area contributed by atoms with Crippen LogP contribution >= 0.6 is 0 Å². The second kappa shape index (κ2) is 5.27. The lowest BCUT2D eigenvalue weighted by Gasteiger charge is -2.15. The van der Waals surface area contributed by atoms with E-state index in [4.69, 9.17) is 5.73 Å². The van der Waals surface area contributed by atoms with Gasteiger partial charge in [0, 0.05) is 37.9 Å². The monoisotopic (exact) mass is 260 g/mol. The van der Waals surface area contributed by atoms with Gasteiger partial charge >= 0.3 is 0 Å². The fraction of sp³-hybridized carbons (Fsp3) is 0.571. The first kappa shape index (κ1) is 12.6. The molecule has 0 radical (unpaired) electrons. The van der Waals surface area contributed by atoms with Crippen molar-refractivity contribution in [2.45, 2.75) is 37.9 Å². The van der Waals surface area contributed by atoms with E-state index in [0.29, 0.717) is 12.2 Å². The molecule has 1 saturated carbocycles. The summed E-state index contributed by atoms with van der Waals surface area (Å²) >= 11 is 0. The van der Waals surface area contributed by atoms with Gasteiger partial charge < -0.3 is 11.1 Å². The summed E-state index contributed by atoms with van der Waals surface area (Å²) in [5.41, 5.74) is 6.93. The first-order valence-electron chi connectivity index (χ1n) is 6.96. The highest BCUT2D eigenvalue weighted by Crippen LogP contribution is 2.29. The maximum atomic E-state index is 12.1. The molecule has 19 heavy (non-hydrogen) atoms. The van der Waals surface area contributed by atoms with Gasteiger partial charge in [0.1, 0.15) is 5.69 Å². The van der Waals surface area contributed by atoms with Crippen LogP contribution in [0.1, 0.15) is 35.3 Å². The van der Waals surface area contributed by atoms with Crippen LogP contribution in [0.25, 0.3) is 0 Å². The van der Waals surface area contributed by atoms with Gasteiger partial charge in [-0.05, 0) is 30.9 Å². The number of nitrogens with one attached hydrogen (secondary N) is 1. The molecule has 2 fully saturated rings. The van der Waals surface area contributed by atoms with Gasteiger partial charge in [-0.2, -0.15) is 0 Å². The van der Waals surface area contributed by atoms with Crippen LogP contribution in [0.3, 0.4) is 0 Å². The van der Waals surface area contributed by atoms with Gasteiger partial charge in [-0.1, -0.05) is 6.07 Å². The number of hydrogen-bond acceptors (Lipinski definition) is 4. The fourth-order valence-corrected chi connectivity index (χ4v) is 2.62. The van der Waals surface area contributed by atoms with E-state index in [1.807, 2.05) is 6.07 Å². The Kier molecular flexibility index (Phi) is 3.48. The molecule has 1 aromatic rings. The van der Waals surface area contributed by atoms with Crippen LogP contribution in [-0.4, -0.2) is 41.0 Å². The number of pyridine rings is 1. The van der Waals surface area contributed by atoms with Gasteiger partial charge in [0.2, 0.25) is 0 Å². The molecule has 2 heterocycles. The molecule has 1 saturated heterocycles. The second-order valence-electron chi connectivity index (χ2n) is 5.44. The Bertz CT molecular complexity index is 455. The Balaban J connectivity index is 1.55. The maximum absolute atomic E-state index is 12.1. The van der Waals surface area contributed by atoms with Crippen molar-refractivity contribution in [2.75, 3.05) is 13.1 Å². The quantitative estimate of drug-likeness (QED) is 0.827. The Hall–Kier alpha value is -1.46. The smallest absolute Gasteiger partial charge is 0.270 e. The summed E-state index contributed by atoms with van der Waals surface area (Å²) in [6.45, 7) is 2.54. The van der Waals surface area contributed by atoms with Crippen molar-refractivity contribution < 1.29 is 4.79 Å². The minimum Gasteiger partial charge on any atom is -0.347 e. The molecule has 5 nitrogen and oxygen atoms in total. The average Bonchev–Trinajstić information content (AvgIpc) is 3.20. The molecule has 1 amide bonds. The van der Waals surface area contributed by atoms with E-state index in [1.54, 1.807) is 12.3 Å². The summed E-state index contributed by atoms with van der Waals surface area (Å²) in [6, 6.07) is 4.64. The number of likely N-dealkylation sites (tertiary alicyclic amines) is 1. The van der Waals surface area contributed by atoms with E-state index < -0.39 is 0 Å². The zero-order chi connectivity index (χ0) is 13.2. The van der Waals surface area contributed by atoms with Crippen LogP contribution in [0.4, 0.5) is 0 Å². The summed E-state index contributed by atoms with van der Waals surface area (Å²) < 4.78 is 0. The number of carbonyl (C=O) groups excluding carboxylic acids is 1. The minimum atomic E-state index is -0.0776. The molecule has 3 N–H and O–H groups in total. The number of nitrogens with two attached hydrogens (primary N) is 1. The van der Waals surface area contributed by atoms with Crippen molar-refractivity contribution in [3.05, 3.63) is 29.6 Å². The number of amides is 1. The molecule has 2 aliphatic rings. The summed E-state index contributed by atoms with van der Waals surface area (Å²) in [5.74, 6) is -0.0776. The number of aromatic nitrogens is 1. The highest BCUT2D eigenvalue weighted by Gasteiger charge is 2.34. The molecule has 1 aromatic heterocycles. The van der Waals surface area contributed by atoms with Gasteiger partial charge in [0.25, 0.3) is 5.91 Å². The maximum Gasteiger partial charge on any atom is 0.270 e. The van der Waals surface area contributed by atoms with Crippen LogP contribution in [0.15, 0.2) is 18.3 Å². The summed E-state index contributed by atoms with van der Waals surface area (Å²) in [5, 5.41) is 3.07. The van der Waals surface area contributed by atoms with Gasteiger partial charge in [-0.15, -0.1) is 0 Å². The lowest BCUT2D eigenvalue weighted by atomic mass is 10.2. The molecule has 0 aromatic carbocycles. The van der Waals surface area contributed by atoms with Gasteiger partial charge in [-0.25, -0.2) is 0 Å². The lowest BCUT2D eigenvalue weighted by molar-refractivity contribution is 0.0932. The Morgan fingerprint density at radius 1 is 1.42 bits per heavy atom. The van der Waals surface area contributed by atoms with Crippen LogP contribution < -0.4 is 11.1 Å². The first-order chi connectivity index (χ1) is 9.26. The van der Waals surface area contributed by atoms with Crippen LogP contribution in [0, 0.1) is 0 Å². The second-order valence-corrected chi connectivity index (χ2v) is 5.44. The van der Waals surface area contributed by atoms with Crippen molar-refractivity contribution in [1.82, 2.24) is 15.2 Å². The van der Waals surface area contributed by atoms with Crippen LogP contribution in [0.5, 0.6) is 0 Å². The zero-order valence-corrected chi connectivity index (χ0v) is 11.0. The number of rotatable bonds is 4. The van der Waals surface area contributed by atoms with Gasteiger partial charge in [0.05, 0.1) is 0 Å². The third-order valence-electron chi connectivity index (χ3n) is 3.91. The van der Waals surface area contributed by atoms with Gasteiger partial charge in [0.15, 0.2) is 0 Å². The topological polar surface area (TPSA) is 71.2 Å². The molecule has 1 unspecified atom stereocenters. The van der Waals surface area contributed by atoms with E-state index in [1.165, 1.54) is 12.8 Å². The SMILES string of the molecule is NCc1ccc(C(=O)NC2CCN(C3CC3)C2)nc1. The number of nitrogens with zero attached hydrogens (tertiary/aromatic N) is 2. The summed E-state index contributed by atoms with van der Waals surface area (Å²) in [6.07, 6.45) is 5.36. The molecule has 102 valence electrons. The molecule has 1 aliphatic carbocycles. The molecule has 0 spiro atoms. The van der Waals surface area contributed by atoms with E-state index in [9.17, 15) is 4.79 Å². The van der Waals surface area contributed by atoms with E-state index in [0.717, 1.165) is 31.1 Å². The molecule has 1 aliphatic heterocycles. The Labute approximate surface area is 113 Å². The van der Waals surface area contributed by atoms with E-state index in [2.05, 4.69) is 15.2 Å². The van der Waals surface area contributed by atoms with E-state index in [-0.39, 0.29) is 11.9 Å². The van der Waals surface area contributed by atoms with Crippen molar-refractivity contribution >= 4 is 5.91 Å².